The van der Waals surface area contributed by atoms with Gasteiger partial charge < -0.3 is 5.32 Å². The molecule has 0 saturated heterocycles. The first kappa shape index (κ1) is 19.0. The van der Waals surface area contributed by atoms with Gasteiger partial charge in [-0.2, -0.15) is 0 Å². The lowest BCUT2D eigenvalue weighted by molar-refractivity contribution is -0.118. The number of nitrogens with zero attached hydrogens (tertiary/aromatic N) is 2. The van der Waals surface area contributed by atoms with E-state index < -0.39 is 0 Å². The third-order valence-corrected chi connectivity index (χ3v) is 6.43. The van der Waals surface area contributed by atoms with E-state index in [1.54, 1.807) is 11.8 Å². The molecule has 26 heavy (non-hydrogen) atoms. The summed E-state index contributed by atoms with van der Waals surface area (Å²) in [5.41, 5.74) is 0.802. The maximum absolute atomic E-state index is 13.3. The Bertz CT molecular complexity index is 849. The highest BCUT2D eigenvalue weighted by molar-refractivity contribution is 7.99. The molecule has 1 N–H and O–H groups in total. The molecule has 3 atom stereocenters. The van der Waals surface area contributed by atoms with Crippen molar-refractivity contribution in [3.63, 3.8) is 0 Å². The highest BCUT2D eigenvalue weighted by Crippen LogP contribution is 2.38. The highest BCUT2D eigenvalue weighted by Gasteiger charge is 2.31. The lowest BCUT2D eigenvalue weighted by Gasteiger charge is -2.36. The zero-order valence-corrected chi connectivity index (χ0v) is 16.5. The Morgan fingerprint density at radius 3 is 2.85 bits per heavy atom. The second-order valence-corrected chi connectivity index (χ2v) is 8.31. The van der Waals surface area contributed by atoms with Crippen LogP contribution in [0, 0.1) is 11.8 Å². The summed E-state index contributed by atoms with van der Waals surface area (Å²) in [4.78, 5) is 29.2. The first-order valence-electron chi connectivity index (χ1n) is 9.37. The lowest BCUT2D eigenvalue weighted by Crippen LogP contribution is -2.35. The van der Waals surface area contributed by atoms with E-state index in [0.29, 0.717) is 29.5 Å². The molecule has 1 aromatic carbocycles. The molecule has 1 saturated carbocycles. The van der Waals surface area contributed by atoms with Crippen LogP contribution in [0.1, 0.15) is 46.1 Å². The molecule has 1 heterocycles. The van der Waals surface area contributed by atoms with Gasteiger partial charge in [0.2, 0.25) is 5.91 Å². The monoisotopic (exact) mass is 373 g/mol. The maximum Gasteiger partial charge on any atom is 0.262 e. The fraction of sp³-hybridized carbons (Fsp3) is 0.550. The Labute approximate surface area is 158 Å². The summed E-state index contributed by atoms with van der Waals surface area (Å²) in [6.45, 7) is 6.61. The summed E-state index contributed by atoms with van der Waals surface area (Å²) >= 11 is 1.55. The van der Waals surface area contributed by atoms with E-state index in [4.69, 9.17) is 4.98 Å². The van der Waals surface area contributed by atoms with Crippen LogP contribution in [0.5, 0.6) is 0 Å². The van der Waals surface area contributed by atoms with E-state index in [-0.39, 0.29) is 17.5 Å². The van der Waals surface area contributed by atoms with Gasteiger partial charge in [0.1, 0.15) is 0 Å². The molecule has 0 spiro atoms. The first-order valence-corrected chi connectivity index (χ1v) is 10.4. The molecule has 0 bridgehead atoms. The van der Waals surface area contributed by atoms with Crippen molar-refractivity contribution in [3.05, 3.63) is 34.6 Å². The largest absolute Gasteiger partial charge is 0.356 e. The summed E-state index contributed by atoms with van der Waals surface area (Å²) < 4.78 is 1.93. The SMILES string of the molecule is CC(=O)NCCSc1nc2ccccc2c(=O)n1[C@@H]1CCC[C@H](C)[C@H]1C. The standard InChI is InChI=1S/C20H27N3O2S/c1-13-7-6-10-18(14(13)2)23-19(25)16-8-4-5-9-17(16)22-20(23)26-12-11-21-15(3)24/h4-5,8-9,13-14,18H,6-7,10-12H2,1-3H3,(H,21,24)/t13-,14+,18+/m0/s1. The van der Waals surface area contributed by atoms with Crippen LogP contribution < -0.4 is 10.9 Å². The topological polar surface area (TPSA) is 64.0 Å². The quantitative estimate of drug-likeness (QED) is 0.494. The zero-order chi connectivity index (χ0) is 18.7. The fourth-order valence-corrected chi connectivity index (χ4v) is 4.71. The molecule has 0 aliphatic heterocycles. The lowest BCUT2D eigenvalue weighted by atomic mass is 9.78. The molecule has 2 aromatic rings. The molecule has 1 aliphatic carbocycles. The number of carbonyl (C=O) groups excluding carboxylic acids is 1. The fourth-order valence-electron chi connectivity index (χ4n) is 3.81. The van der Waals surface area contributed by atoms with E-state index in [1.807, 2.05) is 28.8 Å². The van der Waals surface area contributed by atoms with Gasteiger partial charge >= 0.3 is 0 Å². The second kappa shape index (κ2) is 8.25. The number of aromatic nitrogens is 2. The number of carbonyl (C=O) groups is 1. The van der Waals surface area contributed by atoms with Crippen LogP contribution in [0.25, 0.3) is 10.9 Å². The Morgan fingerprint density at radius 1 is 1.31 bits per heavy atom. The third kappa shape index (κ3) is 3.95. The third-order valence-electron chi connectivity index (χ3n) is 5.48. The number of benzene rings is 1. The number of nitrogens with one attached hydrogen (secondary N) is 1. The van der Waals surface area contributed by atoms with E-state index in [9.17, 15) is 9.59 Å². The Hall–Kier alpha value is -1.82. The Balaban J connectivity index is 2.00. The van der Waals surface area contributed by atoms with Crippen molar-refractivity contribution in [1.29, 1.82) is 0 Å². The molecular formula is C20H27N3O2S. The summed E-state index contributed by atoms with van der Waals surface area (Å²) in [5, 5.41) is 4.26. The van der Waals surface area contributed by atoms with Crippen LogP contribution in [0.4, 0.5) is 0 Å². The van der Waals surface area contributed by atoms with Crippen molar-refractivity contribution in [3.8, 4) is 0 Å². The van der Waals surface area contributed by atoms with Crippen LogP contribution >= 0.6 is 11.8 Å². The minimum absolute atomic E-state index is 0.0378. The average Bonchev–Trinajstić information content (AvgIpc) is 2.62. The Morgan fingerprint density at radius 2 is 2.08 bits per heavy atom. The predicted molar refractivity (Wildman–Crippen MR) is 107 cm³/mol. The average molecular weight is 374 g/mol. The summed E-state index contributed by atoms with van der Waals surface area (Å²) in [5.74, 6) is 1.70. The minimum atomic E-state index is -0.0378. The van der Waals surface area contributed by atoms with Gasteiger partial charge in [0.15, 0.2) is 5.16 Å². The van der Waals surface area contributed by atoms with E-state index in [1.165, 1.54) is 13.3 Å². The van der Waals surface area contributed by atoms with Gasteiger partial charge in [-0.1, -0.05) is 50.6 Å². The van der Waals surface area contributed by atoms with Gasteiger partial charge in [-0.25, -0.2) is 4.98 Å². The van der Waals surface area contributed by atoms with E-state index in [0.717, 1.165) is 23.5 Å². The van der Waals surface area contributed by atoms with Gasteiger partial charge in [0.25, 0.3) is 5.56 Å². The number of thioether (sulfide) groups is 1. The van der Waals surface area contributed by atoms with E-state index >= 15 is 0 Å². The van der Waals surface area contributed by atoms with Crippen molar-refractivity contribution in [2.45, 2.75) is 51.2 Å². The molecule has 1 fully saturated rings. The smallest absolute Gasteiger partial charge is 0.262 e. The molecule has 140 valence electrons. The van der Waals surface area contributed by atoms with Crippen molar-refractivity contribution in [2.24, 2.45) is 11.8 Å². The number of hydrogen-bond acceptors (Lipinski definition) is 4. The molecule has 3 rings (SSSR count). The van der Waals surface area contributed by atoms with Gasteiger partial charge in [0, 0.05) is 25.3 Å². The van der Waals surface area contributed by atoms with Crippen molar-refractivity contribution in [1.82, 2.24) is 14.9 Å². The van der Waals surface area contributed by atoms with E-state index in [2.05, 4.69) is 19.2 Å². The highest BCUT2D eigenvalue weighted by atomic mass is 32.2. The van der Waals surface area contributed by atoms with Gasteiger partial charge in [-0.3, -0.25) is 14.2 Å². The van der Waals surface area contributed by atoms with Crippen molar-refractivity contribution in [2.75, 3.05) is 12.3 Å². The predicted octanol–water partition coefficient (Wildman–Crippen LogP) is 3.62. The number of amides is 1. The Kier molecular flexibility index (Phi) is 6.01. The number of rotatable bonds is 5. The second-order valence-electron chi connectivity index (χ2n) is 7.25. The first-order chi connectivity index (χ1) is 12.5. The number of fused-ring (bicyclic) bond motifs is 1. The molecule has 5 nitrogen and oxygen atoms in total. The summed E-state index contributed by atoms with van der Waals surface area (Å²) in [6, 6.07) is 7.75. The van der Waals surface area contributed by atoms with Gasteiger partial charge in [0.05, 0.1) is 10.9 Å². The van der Waals surface area contributed by atoms with Crippen LogP contribution in [0.3, 0.4) is 0 Å². The van der Waals surface area contributed by atoms with Crippen molar-refractivity contribution >= 4 is 28.6 Å². The van der Waals surface area contributed by atoms with Gasteiger partial charge in [-0.15, -0.1) is 0 Å². The maximum atomic E-state index is 13.3. The molecule has 0 radical (unpaired) electrons. The zero-order valence-electron chi connectivity index (χ0n) is 15.7. The molecule has 0 unspecified atom stereocenters. The van der Waals surface area contributed by atoms with Crippen molar-refractivity contribution < 1.29 is 4.79 Å². The summed E-state index contributed by atoms with van der Waals surface area (Å²) in [7, 11) is 0. The number of para-hydroxylation sites is 1. The molecule has 1 amide bonds. The molecular weight excluding hydrogens is 346 g/mol. The molecule has 6 heteroatoms. The molecule has 1 aliphatic rings. The van der Waals surface area contributed by atoms with Crippen LogP contribution in [0.15, 0.2) is 34.2 Å². The normalized spacial score (nSPS) is 23.1. The molecule has 1 aromatic heterocycles. The minimum Gasteiger partial charge on any atom is -0.356 e. The van der Waals surface area contributed by atoms with Crippen LogP contribution in [0.2, 0.25) is 0 Å². The summed E-state index contributed by atoms with van der Waals surface area (Å²) in [6.07, 6.45) is 3.38. The van der Waals surface area contributed by atoms with Crippen LogP contribution in [-0.4, -0.2) is 27.8 Å². The number of hydrogen-bond donors (Lipinski definition) is 1. The van der Waals surface area contributed by atoms with Crippen LogP contribution in [-0.2, 0) is 4.79 Å². The van der Waals surface area contributed by atoms with Gasteiger partial charge in [-0.05, 0) is 30.4 Å².